The van der Waals surface area contributed by atoms with E-state index in [1.165, 1.54) is 66.7 Å². The second kappa shape index (κ2) is 21.1. The van der Waals surface area contributed by atoms with Crippen molar-refractivity contribution in [2.75, 3.05) is 24.1 Å². The van der Waals surface area contributed by atoms with Crippen molar-refractivity contribution in [3.63, 3.8) is 0 Å². The molecule has 0 unspecified atom stereocenters. The maximum atomic E-state index is 11.9. The van der Waals surface area contributed by atoms with Crippen LogP contribution in [-0.2, 0) is 36.5 Å². The van der Waals surface area contributed by atoms with Crippen LogP contribution in [0, 0.1) is 27.7 Å². The summed E-state index contributed by atoms with van der Waals surface area (Å²) >= 11 is 18.0. The SMILES string of the molecule is C.CC(=O)OC(Cl)(Cl)Cl.Cc1ccc2c(CCN)cn(C)c2c1.Cc1ccc2c(CCNC(=O)Nc3ncc(C)s3)cn(C)c2c1.Cc1cnc(N)s1. The number of halogens is 3. The molecular formula is C37H49Cl3N8O3S2. The number of nitrogens with one attached hydrogen (secondary N) is 2. The minimum atomic E-state index is -1.91. The number of esters is 1. The Kier molecular flexibility index (Phi) is 18.1. The van der Waals surface area contributed by atoms with Crippen LogP contribution in [-0.4, -0.2) is 48.2 Å². The summed E-state index contributed by atoms with van der Waals surface area (Å²) in [6.45, 7) is 10.6. The molecule has 0 fully saturated rings. The van der Waals surface area contributed by atoms with E-state index >= 15 is 0 Å². The zero-order valence-corrected chi connectivity index (χ0v) is 34.1. The fourth-order valence-electron chi connectivity index (χ4n) is 5.11. The van der Waals surface area contributed by atoms with Gasteiger partial charge >= 0.3 is 16.0 Å². The fourth-order valence-corrected chi connectivity index (χ4v) is 6.64. The number of alkyl halides is 3. The minimum absolute atomic E-state index is 0. The van der Waals surface area contributed by atoms with E-state index in [0.717, 1.165) is 29.5 Å². The molecule has 0 saturated carbocycles. The van der Waals surface area contributed by atoms with Crippen molar-refractivity contribution in [3.8, 4) is 0 Å². The van der Waals surface area contributed by atoms with Gasteiger partial charge in [-0.1, -0.05) is 31.7 Å². The molecule has 0 aliphatic carbocycles. The molecule has 6 aromatic rings. The topological polar surface area (TPSA) is 155 Å². The first-order valence-electron chi connectivity index (χ1n) is 16.2. The molecule has 0 atom stereocenters. The number of nitrogens with two attached hydrogens (primary N) is 2. The van der Waals surface area contributed by atoms with E-state index in [0.29, 0.717) is 23.4 Å². The number of nitrogen functional groups attached to an aromatic ring is 1. The highest BCUT2D eigenvalue weighted by Gasteiger charge is 2.22. The number of hydrogen-bond donors (Lipinski definition) is 4. The molecule has 4 heterocycles. The summed E-state index contributed by atoms with van der Waals surface area (Å²) in [4.78, 5) is 32.0. The lowest BCUT2D eigenvalue weighted by atomic mass is 10.1. The number of carbonyl (C=O) groups excluding carboxylic acids is 2. The fraction of sp³-hybridized carbons (Fsp3) is 0.351. The predicted molar refractivity (Wildman–Crippen MR) is 226 cm³/mol. The van der Waals surface area contributed by atoms with Gasteiger partial charge < -0.3 is 30.7 Å². The highest BCUT2D eigenvalue weighted by atomic mass is 35.6. The van der Waals surface area contributed by atoms with Crippen molar-refractivity contribution < 1.29 is 14.3 Å². The zero-order chi connectivity index (χ0) is 38.6. The van der Waals surface area contributed by atoms with Crippen LogP contribution < -0.4 is 22.1 Å². The van der Waals surface area contributed by atoms with Gasteiger partial charge in [0.05, 0.1) is 0 Å². The molecule has 2 aromatic carbocycles. The molecule has 6 rings (SSSR count). The number of ether oxygens (including phenoxy) is 1. The third-order valence-electron chi connectivity index (χ3n) is 7.29. The first-order chi connectivity index (χ1) is 24.4. The maximum Gasteiger partial charge on any atom is 0.340 e. The molecule has 2 amide bonds. The second-order valence-electron chi connectivity index (χ2n) is 11.9. The number of rotatable bonds is 6. The number of benzene rings is 2. The molecule has 0 aliphatic heterocycles. The lowest BCUT2D eigenvalue weighted by Crippen LogP contribution is -2.30. The van der Waals surface area contributed by atoms with E-state index in [9.17, 15) is 9.59 Å². The number of carbonyl (C=O) groups is 2. The molecule has 288 valence electrons. The van der Waals surface area contributed by atoms with E-state index in [1.807, 2.05) is 13.8 Å². The normalized spacial score (nSPS) is 10.5. The molecule has 0 aliphatic rings. The Balaban J connectivity index is 0.000000275. The van der Waals surface area contributed by atoms with Gasteiger partial charge in [-0.2, -0.15) is 0 Å². The number of amides is 2. The Morgan fingerprint density at radius 2 is 1.36 bits per heavy atom. The molecule has 53 heavy (non-hydrogen) atoms. The van der Waals surface area contributed by atoms with Gasteiger partial charge in [-0.25, -0.2) is 14.8 Å². The van der Waals surface area contributed by atoms with Crippen molar-refractivity contribution >= 4 is 102 Å². The van der Waals surface area contributed by atoms with Crippen molar-refractivity contribution in [1.29, 1.82) is 0 Å². The van der Waals surface area contributed by atoms with E-state index in [4.69, 9.17) is 46.3 Å². The molecule has 6 N–H and O–H groups in total. The van der Waals surface area contributed by atoms with Crippen molar-refractivity contribution in [3.05, 3.63) is 93.2 Å². The number of urea groups is 1. The van der Waals surface area contributed by atoms with Gasteiger partial charge in [0.25, 0.3) is 0 Å². The lowest BCUT2D eigenvalue weighted by Gasteiger charge is -2.08. The Hall–Kier alpha value is -3.85. The van der Waals surface area contributed by atoms with Gasteiger partial charge in [-0.05, 0) is 116 Å². The van der Waals surface area contributed by atoms with Gasteiger partial charge in [0, 0.05) is 83.9 Å². The van der Waals surface area contributed by atoms with Crippen LogP contribution in [0.1, 0.15) is 46.4 Å². The van der Waals surface area contributed by atoms with Crippen LogP contribution >= 0.6 is 57.5 Å². The minimum Gasteiger partial charge on any atom is -0.415 e. The molecule has 0 saturated heterocycles. The number of anilines is 2. The Labute approximate surface area is 334 Å². The number of aryl methyl sites for hydroxylation is 6. The number of nitrogens with zero attached hydrogens (tertiary/aromatic N) is 4. The van der Waals surface area contributed by atoms with E-state index < -0.39 is 9.95 Å². The largest absolute Gasteiger partial charge is 0.415 e. The van der Waals surface area contributed by atoms with Gasteiger partial charge in [0.15, 0.2) is 10.3 Å². The quantitative estimate of drug-likeness (QED) is 0.0965. The molecule has 16 heteroatoms. The van der Waals surface area contributed by atoms with Crippen LogP contribution in [0.2, 0.25) is 0 Å². The van der Waals surface area contributed by atoms with E-state index in [2.05, 4.69) is 111 Å². The maximum absolute atomic E-state index is 11.9. The summed E-state index contributed by atoms with van der Waals surface area (Å²) in [5.41, 5.74) is 18.5. The third-order valence-corrected chi connectivity index (χ3v) is 9.09. The summed E-state index contributed by atoms with van der Waals surface area (Å²) in [7, 11) is 4.14. The van der Waals surface area contributed by atoms with Gasteiger partial charge in [0.2, 0.25) is 0 Å². The number of thiazole rings is 2. The molecule has 0 bridgehead atoms. The summed E-state index contributed by atoms with van der Waals surface area (Å²) < 4.78 is 6.49. The summed E-state index contributed by atoms with van der Waals surface area (Å²) in [6.07, 6.45) is 9.58. The summed E-state index contributed by atoms with van der Waals surface area (Å²) in [6, 6.07) is 12.8. The third kappa shape index (κ3) is 15.2. The van der Waals surface area contributed by atoms with Gasteiger partial charge in [-0.3, -0.25) is 10.1 Å². The van der Waals surface area contributed by atoms with E-state index in [-0.39, 0.29) is 13.5 Å². The Bertz CT molecular complexity index is 2070. The molecule has 0 spiro atoms. The lowest BCUT2D eigenvalue weighted by molar-refractivity contribution is -0.141. The zero-order valence-electron chi connectivity index (χ0n) is 30.2. The molecule has 4 aromatic heterocycles. The number of hydrogen-bond acceptors (Lipinski definition) is 9. The first kappa shape index (κ1) is 45.3. The predicted octanol–water partition coefficient (Wildman–Crippen LogP) is 9.15. The number of aromatic nitrogens is 4. The van der Waals surface area contributed by atoms with Crippen molar-refractivity contribution in [1.82, 2.24) is 24.4 Å². The van der Waals surface area contributed by atoms with Crippen LogP contribution in [0.3, 0.4) is 0 Å². The van der Waals surface area contributed by atoms with Crippen LogP contribution in [0.4, 0.5) is 15.1 Å². The van der Waals surface area contributed by atoms with Crippen molar-refractivity contribution in [2.24, 2.45) is 19.8 Å². The second-order valence-corrected chi connectivity index (χ2v) is 16.5. The highest BCUT2D eigenvalue weighted by molar-refractivity contribution is 7.15. The molecular weight excluding hydrogens is 775 g/mol. The molecule has 0 radical (unpaired) electrons. The van der Waals surface area contributed by atoms with Gasteiger partial charge in [-0.15, -0.1) is 22.7 Å². The van der Waals surface area contributed by atoms with Gasteiger partial charge in [0.1, 0.15) is 0 Å². The van der Waals surface area contributed by atoms with Crippen molar-refractivity contribution in [2.45, 2.75) is 58.9 Å². The monoisotopic (exact) mass is 822 g/mol. The summed E-state index contributed by atoms with van der Waals surface area (Å²) in [5, 5.41) is 9.49. The average Bonchev–Trinajstić information content (AvgIpc) is 3.79. The smallest absolute Gasteiger partial charge is 0.340 e. The first-order valence-corrected chi connectivity index (χ1v) is 18.9. The van der Waals surface area contributed by atoms with Crippen LogP contribution in [0.15, 0.2) is 61.2 Å². The van der Waals surface area contributed by atoms with Crippen LogP contribution in [0.25, 0.3) is 21.8 Å². The van der Waals surface area contributed by atoms with Crippen LogP contribution in [0.5, 0.6) is 0 Å². The number of fused-ring (bicyclic) bond motifs is 2. The molecule has 11 nitrogen and oxygen atoms in total. The standard InChI is InChI=1S/C17H20N4OS.C12H16N2.C4H6N2S.C3H3Cl3O2.CH4/c1-11-4-5-14-13(10-21(3)15(14)8-11)6-7-18-16(22)20-17-19-9-12(2)23-17;1-9-3-4-11-10(5-6-13)8-14(2)12(11)7-9;1-3-2-6-4(5)7-3;1-2(7)8-3(4,5)6;/h4-5,8-10H,6-7H2,1-3H3,(H2,18,19,20,22);3-4,7-8H,5-6,13H2,1-2H3;2H,1H3,(H2,5,6);1H3;1H4. The Morgan fingerprint density at radius 1 is 0.849 bits per heavy atom. The highest BCUT2D eigenvalue weighted by Crippen LogP contribution is 2.27. The summed E-state index contributed by atoms with van der Waals surface area (Å²) in [5.74, 6) is -0.620. The van der Waals surface area contributed by atoms with E-state index in [1.54, 1.807) is 12.4 Å². The average molecular weight is 824 g/mol. The Morgan fingerprint density at radius 3 is 1.74 bits per heavy atom.